The molecular weight excluding hydrogens is 260 g/mol. The monoisotopic (exact) mass is 290 g/mol. The molecule has 0 heterocycles. The van der Waals surface area contributed by atoms with Crippen LogP contribution in [0.1, 0.15) is 41.0 Å². The number of alkyl carbamates (subject to hydrolysis) is 1. The average molecular weight is 290 g/mol. The number of hydrogen-bond donors (Lipinski definition) is 3. The third kappa shape index (κ3) is 11.0. The lowest BCUT2D eigenvalue weighted by molar-refractivity contribution is 0.0230. The van der Waals surface area contributed by atoms with Crippen LogP contribution in [0.3, 0.4) is 0 Å². The zero-order chi connectivity index (χ0) is 15.8. The molecule has 6 nitrogen and oxygen atoms in total. The van der Waals surface area contributed by atoms with Gasteiger partial charge in [0.1, 0.15) is 5.60 Å². The van der Waals surface area contributed by atoms with Crippen molar-refractivity contribution in [3.8, 4) is 0 Å². The largest absolute Gasteiger partial charge is 0.444 e. The van der Waals surface area contributed by atoms with Crippen LogP contribution in [0, 0.1) is 0 Å². The van der Waals surface area contributed by atoms with Gasteiger partial charge in [-0.3, -0.25) is 0 Å². The summed E-state index contributed by atoms with van der Waals surface area (Å²) < 4.78 is 10.1. The number of amides is 1. The summed E-state index contributed by atoms with van der Waals surface area (Å²) >= 11 is 0. The average Bonchev–Trinajstić information content (AvgIpc) is 2.29. The van der Waals surface area contributed by atoms with Gasteiger partial charge in [-0.2, -0.15) is 0 Å². The van der Waals surface area contributed by atoms with Crippen molar-refractivity contribution in [2.45, 2.75) is 58.3 Å². The molecule has 20 heavy (non-hydrogen) atoms. The van der Waals surface area contributed by atoms with Gasteiger partial charge in [-0.1, -0.05) is 0 Å². The highest BCUT2D eigenvalue weighted by atomic mass is 16.6. The number of carbonyl (C=O) groups excluding carboxylic acids is 1. The molecule has 0 aromatic heterocycles. The minimum atomic E-state index is -0.823. The fourth-order valence-corrected chi connectivity index (χ4v) is 1.43. The molecule has 0 saturated heterocycles. The van der Waals surface area contributed by atoms with Crippen molar-refractivity contribution in [1.82, 2.24) is 10.6 Å². The molecule has 2 atom stereocenters. The molecule has 0 spiro atoms. The van der Waals surface area contributed by atoms with Crippen molar-refractivity contribution in [2.75, 3.05) is 26.8 Å². The maximum absolute atomic E-state index is 11.5. The van der Waals surface area contributed by atoms with Gasteiger partial charge in [0.25, 0.3) is 0 Å². The van der Waals surface area contributed by atoms with E-state index >= 15 is 0 Å². The van der Waals surface area contributed by atoms with Crippen molar-refractivity contribution in [3.63, 3.8) is 0 Å². The standard InChI is InChI=1S/C14H30N2O4/c1-11(9-15-12(17)20-13(2,3)4)16-10-14(5,18)7-8-19-6/h11,16,18H,7-10H2,1-6H3,(H,15,17). The van der Waals surface area contributed by atoms with Crippen LogP contribution in [-0.2, 0) is 9.47 Å². The first-order valence-corrected chi connectivity index (χ1v) is 6.97. The quantitative estimate of drug-likeness (QED) is 0.627. The molecule has 0 fully saturated rings. The Morgan fingerprint density at radius 3 is 2.40 bits per heavy atom. The Labute approximate surface area is 122 Å². The molecule has 120 valence electrons. The van der Waals surface area contributed by atoms with Gasteiger partial charge in [-0.05, 0) is 34.6 Å². The van der Waals surface area contributed by atoms with Gasteiger partial charge in [0.2, 0.25) is 0 Å². The van der Waals surface area contributed by atoms with Crippen molar-refractivity contribution < 1.29 is 19.4 Å². The lowest BCUT2D eigenvalue weighted by Gasteiger charge is -2.26. The number of carbonyl (C=O) groups is 1. The Hall–Kier alpha value is -0.850. The lowest BCUT2D eigenvalue weighted by Crippen LogP contribution is -2.46. The highest BCUT2D eigenvalue weighted by molar-refractivity contribution is 5.67. The second-order valence-corrected chi connectivity index (χ2v) is 6.40. The molecule has 1 amide bonds. The van der Waals surface area contributed by atoms with E-state index in [1.54, 1.807) is 14.0 Å². The maximum atomic E-state index is 11.5. The molecule has 0 saturated carbocycles. The highest BCUT2D eigenvalue weighted by Gasteiger charge is 2.21. The van der Waals surface area contributed by atoms with Crippen molar-refractivity contribution in [2.24, 2.45) is 0 Å². The second kappa shape index (κ2) is 8.44. The van der Waals surface area contributed by atoms with Crippen LogP contribution in [0.2, 0.25) is 0 Å². The smallest absolute Gasteiger partial charge is 0.407 e. The van der Waals surface area contributed by atoms with Crippen LogP contribution in [0.5, 0.6) is 0 Å². The molecular formula is C14H30N2O4. The van der Waals surface area contributed by atoms with Gasteiger partial charge in [0, 0.05) is 39.3 Å². The topological polar surface area (TPSA) is 79.8 Å². The molecule has 0 rings (SSSR count). The Kier molecular flexibility index (Phi) is 8.08. The van der Waals surface area contributed by atoms with Crippen molar-refractivity contribution >= 4 is 6.09 Å². The van der Waals surface area contributed by atoms with Gasteiger partial charge in [0.15, 0.2) is 0 Å². The minimum absolute atomic E-state index is 0.0385. The summed E-state index contributed by atoms with van der Waals surface area (Å²) in [4.78, 5) is 11.5. The molecule has 0 aliphatic carbocycles. The summed E-state index contributed by atoms with van der Waals surface area (Å²) in [6, 6.07) is 0.0385. The third-order valence-electron chi connectivity index (χ3n) is 2.63. The van der Waals surface area contributed by atoms with E-state index in [0.29, 0.717) is 26.1 Å². The van der Waals surface area contributed by atoms with E-state index in [0.717, 1.165) is 0 Å². The zero-order valence-electron chi connectivity index (χ0n) is 13.6. The zero-order valence-corrected chi connectivity index (χ0v) is 13.6. The molecule has 6 heteroatoms. The first-order chi connectivity index (χ1) is 9.06. The normalized spacial score (nSPS) is 16.4. The van der Waals surface area contributed by atoms with Gasteiger partial charge < -0.3 is 25.2 Å². The molecule has 0 bridgehead atoms. The number of aliphatic hydroxyl groups is 1. The van der Waals surface area contributed by atoms with Crippen LogP contribution in [0.15, 0.2) is 0 Å². The number of ether oxygens (including phenoxy) is 2. The Balaban J connectivity index is 3.89. The summed E-state index contributed by atoms with van der Waals surface area (Å²) in [6.45, 7) is 10.5. The van der Waals surface area contributed by atoms with Crippen LogP contribution in [0.25, 0.3) is 0 Å². The molecule has 3 N–H and O–H groups in total. The van der Waals surface area contributed by atoms with Crippen LogP contribution < -0.4 is 10.6 Å². The Morgan fingerprint density at radius 1 is 1.30 bits per heavy atom. The molecule has 2 unspecified atom stereocenters. The van der Waals surface area contributed by atoms with Crippen molar-refractivity contribution in [1.29, 1.82) is 0 Å². The van der Waals surface area contributed by atoms with E-state index in [1.165, 1.54) is 0 Å². The third-order valence-corrected chi connectivity index (χ3v) is 2.63. The van der Waals surface area contributed by atoms with Crippen LogP contribution in [0.4, 0.5) is 4.79 Å². The molecule has 0 radical (unpaired) electrons. The van der Waals surface area contributed by atoms with E-state index in [9.17, 15) is 9.90 Å². The van der Waals surface area contributed by atoms with Gasteiger partial charge in [0.05, 0.1) is 5.60 Å². The highest BCUT2D eigenvalue weighted by Crippen LogP contribution is 2.08. The van der Waals surface area contributed by atoms with E-state index < -0.39 is 17.3 Å². The Morgan fingerprint density at radius 2 is 1.90 bits per heavy atom. The Bertz CT molecular complexity index is 287. The molecule has 0 aromatic rings. The fraction of sp³-hybridized carbons (Fsp3) is 0.929. The minimum Gasteiger partial charge on any atom is -0.444 e. The first-order valence-electron chi connectivity index (χ1n) is 6.97. The first kappa shape index (κ1) is 19.1. The summed E-state index contributed by atoms with van der Waals surface area (Å²) in [5, 5.41) is 15.9. The second-order valence-electron chi connectivity index (χ2n) is 6.40. The van der Waals surface area contributed by atoms with Gasteiger partial charge >= 0.3 is 6.09 Å². The van der Waals surface area contributed by atoms with E-state index in [4.69, 9.17) is 9.47 Å². The number of methoxy groups -OCH3 is 1. The van der Waals surface area contributed by atoms with Crippen molar-refractivity contribution in [3.05, 3.63) is 0 Å². The van der Waals surface area contributed by atoms with Crippen LogP contribution in [-0.4, -0.2) is 55.2 Å². The molecule has 0 aliphatic heterocycles. The fourth-order valence-electron chi connectivity index (χ4n) is 1.43. The summed E-state index contributed by atoms with van der Waals surface area (Å²) in [7, 11) is 1.61. The molecule has 0 aromatic carbocycles. The number of nitrogens with one attached hydrogen (secondary N) is 2. The summed E-state index contributed by atoms with van der Waals surface area (Å²) in [5.74, 6) is 0. The van der Waals surface area contributed by atoms with Crippen LogP contribution >= 0.6 is 0 Å². The predicted octanol–water partition coefficient (Wildman–Crippen LogP) is 1.28. The van der Waals surface area contributed by atoms with E-state index in [1.807, 2.05) is 27.7 Å². The number of rotatable bonds is 8. The van der Waals surface area contributed by atoms with E-state index in [2.05, 4.69) is 10.6 Å². The van der Waals surface area contributed by atoms with E-state index in [-0.39, 0.29) is 6.04 Å². The number of hydrogen-bond acceptors (Lipinski definition) is 5. The van der Waals surface area contributed by atoms with Gasteiger partial charge in [-0.25, -0.2) is 4.79 Å². The lowest BCUT2D eigenvalue weighted by atomic mass is 10.0. The maximum Gasteiger partial charge on any atom is 0.407 e. The summed E-state index contributed by atoms with van der Waals surface area (Å²) in [5.41, 5.74) is -1.32. The predicted molar refractivity (Wildman–Crippen MR) is 78.8 cm³/mol. The van der Waals surface area contributed by atoms with Gasteiger partial charge in [-0.15, -0.1) is 0 Å². The summed E-state index contributed by atoms with van der Waals surface area (Å²) in [6.07, 6.45) is 0.125. The SMILES string of the molecule is COCCC(C)(O)CNC(C)CNC(=O)OC(C)(C)C. The molecule has 0 aliphatic rings.